The number of piperidine rings is 1. The van der Waals surface area contributed by atoms with Gasteiger partial charge < -0.3 is 14.4 Å². The van der Waals surface area contributed by atoms with Crippen molar-refractivity contribution in [3.63, 3.8) is 0 Å². The van der Waals surface area contributed by atoms with Gasteiger partial charge in [-0.15, -0.1) is 0 Å². The molecule has 0 radical (unpaired) electrons. The maximum absolute atomic E-state index is 12.5. The summed E-state index contributed by atoms with van der Waals surface area (Å²) in [4.78, 5) is 14.6. The predicted octanol–water partition coefficient (Wildman–Crippen LogP) is 3.26. The third kappa shape index (κ3) is 3.37. The highest BCUT2D eigenvalue weighted by Crippen LogP contribution is 2.35. The van der Waals surface area contributed by atoms with Crippen LogP contribution in [0.15, 0.2) is 24.3 Å². The monoisotopic (exact) mass is 303 g/mol. The van der Waals surface area contributed by atoms with E-state index >= 15 is 0 Å². The van der Waals surface area contributed by atoms with Gasteiger partial charge in [-0.1, -0.05) is 12.8 Å². The molecule has 3 rings (SSSR count). The number of rotatable bonds is 4. The Balaban J connectivity index is 1.56. The Labute approximate surface area is 132 Å². The molecule has 2 unspecified atom stereocenters. The summed E-state index contributed by atoms with van der Waals surface area (Å²) in [5.74, 6) is 2.35. The van der Waals surface area contributed by atoms with E-state index in [0.717, 1.165) is 18.7 Å². The van der Waals surface area contributed by atoms with Gasteiger partial charge in [0.1, 0.15) is 11.5 Å². The maximum atomic E-state index is 12.5. The van der Waals surface area contributed by atoms with Crippen molar-refractivity contribution >= 4 is 5.91 Å². The Morgan fingerprint density at radius 1 is 1.09 bits per heavy atom. The first-order valence-corrected chi connectivity index (χ1v) is 8.34. The summed E-state index contributed by atoms with van der Waals surface area (Å²) in [7, 11) is 1.64. The number of carbonyl (C=O) groups is 1. The first kappa shape index (κ1) is 15.2. The smallest absolute Gasteiger partial charge is 0.260 e. The molecule has 1 amide bonds. The number of hydrogen-bond donors (Lipinski definition) is 0. The quantitative estimate of drug-likeness (QED) is 0.857. The van der Waals surface area contributed by atoms with Gasteiger partial charge in [0.05, 0.1) is 7.11 Å². The zero-order valence-corrected chi connectivity index (χ0v) is 13.3. The number of ether oxygens (including phenoxy) is 2. The Bertz CT molecular complexity index is 498. The molecule has 1 aliphatic carbocycles. The van der Waals surface area contributed by atoms with Crippen molar-refractivity contribution in [3.8, 4) is 11.5 Å². The Morgan fingerprint density at radius 2 is 1.77 bits per heavy atom. The van der Waals surface area contributed by atoms with E-state index in [-0.39, 0.29) is 12.5 Å². The van der Waals surface area contributed by atoms with Crippen molar-refractivity contribution in [1.82, 2.24) is 4.90 Å². The van der Waals surface area contributed by atoms with Crippen LogP contribution in [0.25, 0.3) is 0 Å². The molecular weight excluding hydrogens is 278 g/mol. The van der Waals surface area contributed by atoms with Crippen LogP contribution in [-0.4, -0.2) is 37.1 Å². The van der Waals surface area contributed by atoms with Crippen molar-refractivity contribution in [2.75, 3.05) is 20.3 Å². The Kier molecular flexibility index (Phi) is 4.86. The summed E-state index contributed by atoms with van der Waals surface area (Å²) in [6.07, 6.45) is 7.45. The molecule has 1 saturated heterocycles. The number of amides is 1. The average molecular weight is 303 g/mol. The summed E-state index contributed by atoms with van der Waals surface area (Å²) in [6.45, 7) is 1.03. The molecule has 2 aliphatic rings. The summed E-state index contributed by atoms with van der Waals surface area (Å²) >= 11 is 0. The van der Waals surface area contributed by atoms with Gasteiger partial charge in [0.25, 0.3) is 5.91 Å². The van der Waals surface area contributed by atoms with E-state index in [9.17, 15) is 4.79 Å². The van der Waals surface area contributed by atoms with Crippen LogP contribution in [0.2, 0.25) is 0 Å². The lowest BCUT2D eigenvalue weighted by Crippen LogP contribution is -2.51. The van der Waals surface area contributed by atoms with E-state index in [0.29, 0.717) is 17.7 Å². The van der Waals surface area contributed by atoms with Gasteiger partial charge in [-0.3, -0.25) is 4.79 Å². The fourth-order valence-electron chi connectivity index (χ4n) is 3.83. The highest BCUT2D eigenvalue weighted by atomic mass is 16.5. The lowest BCUT2D eigenvalue weighted by Gasteiger charge is -2.44. The SMILES string of the molecule is COc1ccc(OCC(=O)N2CCCC3CCCCC32)cc1. The van der Waals surface area contributed by atoms with Gasteiger partial charge in [0.2, 0.25) is 0 Å². The largest absolute Gasteiger partial charge is 0.497 e. The maximum Gasteiger partial charge on any atom is 0.260 e. The molecule has 0 bridgehead atoms. The van der Waals surface area contributed by atoms with Crippen molar-refractivity contribution in [3.05, 3.63) is 24.3 Å². The minimum Gasteiger partial charge on any atom is -0.497 e. The number of likely N-dealkylation sites (tertiary alicyclic amines) is 1. The second-order valence-electron chi connectivity index (χ2n) is 6.31. The Hall–Kier alpha value is -1.71. The van der Waals surface area contributed by atoms with Gasteiger partial charge in [-0.05, 0) is 55.9 Å². The third-order valence-corrected chi connectivity index (χ3v) is 4.99. The molecule has 0 spiro atoms. The number of nitrogens with zero attached hydrogens (tertiary/aromatic N) is 1. The third-order valence-electron chi connectivity index (χ3n) is 4.99. The summed E-state index contributed by atoms with van der Waals surface area (Å²) < 4.78 is 10.8. The van der Waals surface area contributed by atoms with Crippen LogP contribution >= 0.6 is 0 Å². The average Bonchev–Trinajstić information content (AvgIpc) is 2.59. The predicted molar refractivity (Wildman–Crippen MR) is 85.2 cm³/mol. The molecule has 4 nitrogen and oxygen atoms in total. The first-order chi connectivity index (χ1) is 10.8. The molecule has 1 aromatic rings. The van der Waals surface area contributed by atoms with E-state index in [2.05, 4.69) is 4.90 Å². The number of carbonyl (C=O) groups excluding carboxylic acids is 1. The van der Waals surface area contributed by atoms with Crippen LogP contribution in [0.3, 0.4) is 0 Å². The molecular formula is C18H25NO3. The lowest BCUT2D eigenvalue weighted by atomic mass is 9.78. The minimum atomic E-state index is 0.132. The molecule has 0 aromatic heterocycles. The van der Waals surface area contributed by atoms with Crippen LogP contribution in [0.4, 0.5) is 0 Å². The molecule has 0 N–H and O–H groups in total. The molecule has 1 heterocycles. The number of methoxy groups -OCH3 is 1. The van der Waals surface area contributed by atoms with E-state index in [4.69, 9.17) is 9.47 Å². The lowest BCUT2D eigenvalue weighted by molar-refractivity contribution is -0.139. The van der Waals surface area contributed by atoms with Crippen molar-refractivity contribution in [1.29, 1.82) is 0 Å². The molecule has 120 valence electrons. The molecule has 1 saturated carbocycles. The second kappa shape index (κ2) is 7.03. The fraction of sp³-hybridized carbons (Fsp3) is 0.611. The topological polar surface area (TPSA) is 38.8 Å². The molecule has 22 heavy (non-hydrogen) atoms. The molecule has 1 aliphatic heterocycles. The van der Waals surface area contributed by atoms with E-state index in [1.165, 1.54) is 32.1 Å². The molecule has 4 heteroatoms. The van der Waals surface area contributed by atoms with Gasteiger partial charge in [-0.25, -0.2) is 0 Å². The van der Waals surface area contributed by atoms with Crippen molar-refractivity contribution in [2.45, 2.75) is 44.6 Å². The van der Waals surface area contributed by atoms with Crippen molar-refractivity contribution in [2.24, 2.45) is 5.92 Å². The second-order valence-corrected chi connectivity index (χ2v) is 6.31. The van der Waals surface area contributed by atoms with Gasteiger partial charge in [-0.2, -0.15) is 0 Å². The molecule has 2 atom stereocenters. The Morgan fingerprint density at radius 3 is 2.55 bits per heavy atom. The van der Waals surface area contributed by atoms with Crippen LogP contribution in [0, 0.1) is 5.92 Å². The molecule has 2 fully saturated rings. The minimum absolute atomic E-state index is 0.132. The van der Waals surface area contributed by atoms with Gasteiger partial charge in [0, 0.05) is 12.6 Å². The fourth-order valence-corrected chi connectivity index (χ4v) is 3.83. The van der Waals surface area contributed by atoms with Crippen molar-refractivity contribution < 1.29 is 14.3 Å². The van der Waals surface area contributed by atoms with Gasteiger partial charge >= 0.3 is 0 Å². The standard InChI is InChI=1S/C18H25NO3/c1-21-15-8-10-16(11-9-15)22-13-18(20)19-12-4-6-14-5-2-3-7-17(14)19/h8-11,14,17H,2-7,12-13H2,1H3. The number of fused-ring (bicyclic) bond motifs is 1. The van der Waals surface area contributed by atoms with Crippen LogP contribution in [-0.2, 0) is 4.79 Å². The number of hydrogen-bond acceptors (Lipinski definition) is 3. The van der Waals surface area contributed by atoms with E-state index in [1.54, 1.807) is 7.11 Å². The highest BCUT2D eigenvalue weighted by molar-refractivity contribution is 5.78. The van der Waals surface area contributed by atoms with Crippen LogP contribution < -0.4 is 9.47 Å². The normalized spacial score (nSPS) is 24.5. The van der Waals surface area contributed by atoms with E-state index < -0.39 is 0 Å². The zero-order chi connectivity index (χ0) is 15.4. The first-order valence-electron chi connectivity index (χ1n) is 8.34. The van der Waals surface area contributed by atoms with Gasteiger partial charge in [0.15, 0.2) is 6.61 Å². The summed E-state index contributed by atoms with van der Waals surface area (Å²) in [6, 6.07) is 7.82. The number of benzene rings is 1. The summed E-state index contributed by atoms with van der Waals surface area (Å²) in [5, 5.41) is 0. The highest BCUT2D eigenvalue weighted by Gasteiger charge is 2.35. The van der Waals surface area contributed by atoms with E-state index in [1.807, 2.05) is 24.3 Å². The molecule has 1 aromatic carbocycles. The summed E-state index contributed by atoms with van der Waals surface area (Å²) in [5.41, 5.74) is 0. The zero-order valence-electron chi connectivity index (χ0n) is 13.3. The van der Waals surface area contributed by atoms with Crippen LogP contribution in [0.1, 0.15) is 38.5 Å². The van der Waals surface area contributed by atoms with Crippen LogP contribution in [0.5, 0.6) is 11.5 Å².